The summed E-state index contributed by atoms with van der Waals surface area (Å²) in [5.41, 5.74) is 9.01. The summed E-state index contributed by atoms with van der Waals surface area (Å²) < 4.78 is 5.40. The maximum Gasteiger partial charge on any atom is 0.168 e. The minimum Gasteiger partial charge on any atom is -0.496 e. The van der Waals surface area contributed by atoms with Crippen LogP contribution in [0.2, 0.25) is 0 Å². The number of carbonyl (C=O) groups excluding carboxylic acids is 1. The highest BCUT2D eigenvalue weighted by molar-refractivity contribution is 5.99. The van der Waals surface area contributed by atoms with Gasteiger partial charge in [0.25, 0.3) is 0 Å². The second-order valence-corrected chi connectivity index (χ2v) is 6.74. The highest BCUT2D eigenvalue weighted by Gasteiger charge is 2.21. The molecule has 0 amide bonds. The van der Waals surface area contributed by atoms with Gasteiger partial charge in [-0.25, -0.2) is 0 Å². The molecule has 0 aliphatic rings. The molecule has 0 aliphatic carbocycles. The van der Waals surface area contributed by atoms with E-state index in [4.69, 9.17) is 10.5 Å². The fourth-order valence-electron chi connectivity index (χ4n) is 2.48. The number of aryl methyl sites for hydroxylation is 1. The first-order chi connectivity index (χ1) is 9.15. The number of ketones is 1. The maximum absolute atomic E-state index is 12.4. The highest BCUT2D eigenvalue weighted by Crippen LogP contribution is 2.28. The van der Waals surface area contributed by atoms with Crippen LogP contribution in [0.15, 0.2) is 12.1 Å². The van der Waals surface area contributed by atoms with Crippen molar-refractivity contribution in [1.29, 1.82) is 0 Å². The van der Waals surface area contributed by atoms with Crippen molar-refractivity contribution in [3.05, 3.63) is 28.8 Å². The Morgan fingerprint density at radius 2 is 1.90 bits per heavy atom. The Kier molecular flexibility index (Phi) is 5.35. The van der Waals surface area contributed by atoms with Crippen molar-refractivity contribution in [2.75, 3.05) is 7.11 Å². The van der Waals surface area contributed by atoms with E-state index in [1.807, 2.05) is 26.0 Å². The van der Waals surface area contributed by atoms with Gasteiger partial charge in [-0.1, -0.05) is 26.8 Å². The van der Waals surface area contributed by atoms with E-state index in [0.29, 0.717) is 17.7 Å². The number of nitrogens with two attached hydrogens (primary N) is 1. The number of ether oxygens (including phenoxy) is 1. The predicted molar refractivity (Wildman–Crippen MR) is 83.5 cm³/mol. The van der Waals surface area contributed by atoms with Gasteiger partial charge in [-0.05, 0) is 42.9 Å². The first-order valence-electron chi connectivity index (χ1n) is 7.08. The molecule has 0 saturated heterocycles. The summed E-state index contributed by atoms with van der Waals surface area (Å²) in [4.78, 5) is 12.4. The molecule has 0 saturated carbocycles. The molecule has 1 aromatic carbocycles. The van der Waals surface area contributed by atoms with Crippen LogP contribution < -0.4 is 10.5 Å². The Balaban J connectivity index is 2.91. The van der Waals surface area contributed by atoms with Crippen LogP contribution in [0.3, 0.4) is 0 Å². The molecule has 0 fully saturated rings. The third kappa shape index (κ3) is 4.34. The summed E-state index contributed by atoms with van der Waals surface area (Å²) in [6, 6.07) is 3.68. The first kappa shape index (κ1) is 16.7. The number of carbonyl (C=O) groups is 1. The summed E-state index contributed by atoms with van der Waals surface area (Å²) in [7, 11) is 1.60. The van der Waals surface area contributed by atoms with Gasteiger partial charge in [0.2, 0.25) is 0 Å². The SMILES string of the molecule is COc1c(C(=O)CC(N)CC(C)(C)C)ccc(C)c1C. The molecule has 1 rings (SSSR count). The van der Waals surface area contributed by atoms with E-state index in [2.05, 4.69) is 20.8 Å². The zero-order valence-corrected chi connectivity index (χ0v) is 13.5. The second kappa shape index (κ2) is 6.40. The maximum atomic E-state index is 12.4. The molecule has 0 heterocycles. The summed E-state index contributed by atoms with van der Waals surface area (Å²) in [6.07, 6.45) is 1.18. The van der Waals surface area contributed by atoms with Crippen LogP contribution >= 0.6 is 0 Å². The van der Waals surface area contributed by atoms with Gasteiger partial charge in [-0.3, -0.25) is 4.79 Å². The van der Waals surface area contributed by atoms with Crippen molar-refractivity contribution in [1.82, 2.24) is 0 Å². The van der Waals surface area contributed by atoms with Gasteiger partial charge in [-0.2, -0.15) is 0 Å². The van der Waals surface area contributed by atoms with E-state index in [1.54, 1.807) is 7.11 Å². The lowest BCUT2D eigenvalue weighted by molar-refractivity contribution is 0.0965. The van der Waals surface area contributed by atoms with Gasteiger partial charge in [0.15, 0.2) is 5.78 Å². The zero-order chi connectivity index (χ0) is 15.5. The minimum atomic E-state index is -0.117. The summed E-state index contributed by atoms with van der Waals surface area (Å²) >= 11 is 0. The van der Waals surface area contributed by atoms with Crippen LogP contribution in [-0.4, -0.2) is 18.9 Å². The van der Waals surface area contributed by atoms with E-state index in [-0.39, 0.29) is 17.2 Å². The lowest BCUT2D eigenvalue weighted by Gasteiger charge is -2.23. The van der Waals surface area contributed by atoms with Crippen molar-refractivity contribution >= 4 is 5.78 Å². The minimum absolute atomic E-state index is 0.0571. The number of hydrogen-bond acceptors (Lipinski definition) is 3. The molecule has 0 spiro atoms. The van der Waals surface area contributed by atoms with Crippen molar-refractivity contribution in [3.63, 3.8) is 0 Å². The summed E-state index contributed by atoms with van der Waals surface area (Å²) in [5, 5.41) is 0. The lowest BCUT2D eigenvalue weighted by Crippen LogP contribution is -2.29. The fraction of sp³-hybridized carbons (Fsp3) is 0.588. The summed E-state index contributed by atoms with van der Waals surface area (Å²) in [5.74, 6) is 0.736. The third-order valence-electron chi connectivity index (χ3n) is 3.50. The van der Waals surface area contributed by atoms with Crippen LogP contribution in [0.1, 0.15) is 55.1 Å². The van der Waals surface area contributed by atoms with E-state index in [9.17, 15) is 4.79 Å². The van der Waals surface area contributed by atoms with Crippen LogP contribution in [-0.2, 0) is 0 Å². The van der Waals surface area contributed by atoms with Crippen molar-refractivity contribution in [2.45, 2.75) is 53.5 Å². The normalized spacial score (nSPS) is 13.2. The van der Waals surface area contributed by atoms with Crippen LogP contribution in [0, 0.1) is 19.3 Å². The molecular formula is C17H27NO2. The largest absolute Gasteiger partial charge is 0.496 e. The zero-order valence-electron chi connectivity index (χ0n) is 13.5. The van der Waals surface area contributed by atoms with Gasteiger partial charge in [0.05, 0.1) is 12.7 Å². The van der Waals surface area contributed by atoms with Gasteiger partial charge in [0.1, 0.15) is 5.75 Å². The smallest absolute Gasteiger partial charge is 0.168 e. The average Bonchev–Trinajstić information content (AvgIpc) is 2.29. The number of methoxy groups -OCH3 is 1. The molecular weight excluding hydrogens is 250 g/mol. The lowest BCUT2D eigenvalue weighted by atomic mass is 9.86. The Hall–Kier alpha value is -1.35. The number of Topliss-reactive ketones (excluding diaryl/α,β-unsaturated/α-hetero) is 1. The van der Waals surface area contributed by atoms with Gasteiger partial charge >= 0.3 is 0 Å². The average molecular weight is 277 g/mol. The number of benzene rings is 1. The Morgan fingerprint density at radius 3 is 2.40 bits per heavy atom. The second-order valence-electron chi connectivity index (χ2n) is 6.74. The molecule has 0 aliphatic heterocycles. The van der Waals surface area contributed by atoms with Gasteiger partial charge in [-0.15, -0.1) is 0 Å². The van der Waals surface area contributed by atoms with E-state index < -0.39 is 0 Å². The van der Waals surface area contributed by atoms with Crippen molar-refractivity contribution in [3.8, 4) is 5.75 Å². The van der Waals surface area contributed by atoms with Gasteiger partial charge < -0.3 is 10.5 Å². The standard InChI is InChI=1S/C17H27NO2/c1-11-7-8-14(16(20-6)12(11)2)15(19)9-13(18)10-17(3,4)5/h7-8,13H,9-10,18H2,1-6H3. The molecule has 0 radical (unpaired) electrons. The van der Waals surface area contributed by atoms with Crippen molar-refractivity contribution in [2.24, 2.45) is 11.1 Å². The molecule has 2 N–H and O–H groups in total. The van der Waals surface area contributed by atoms with Crippen LogP contribution in [0.4, 0.5) is 0 Å². The highest BCUT2D eigenvalue weighted by atomic mass is 16.5. The van der Waals surface area contributed by atoms with E-state index in [1.165, 1.54) is 0 Å². The van der Waals surface area contributed by atoms with Gasteiger partial charge in [0, 0.05) is 12.5 Å². The molecule has 3 heteroatoms. The Morgan fingerprint density at radius 1 is 1.30 bits per heavy atom. The molecule has 3 nitrogen and oxygen atoms in total. The molecule has 1 atom stereocenters. The predicted octanol–water partition coefficient (Wildman–Crippen LogP) is 3.65. The molecule has 112 valence electrons. The van der Waals surface area contributed by atoms with E-state index >= 15 is 0 Å². The Bertz CT molecular complexity index is 486. The molecule has 1 unspecified atom stereocenters. The molecule has 0 aromatic heterocycles. The van der Waals surface area contributed by atoms with Crippen LogP contribution in [0.5, 0.6) is 5.75 Å². The molecule has 1 aromatic rings. The summed E-state index contributed by atoms with van der Waals surface area (Å²) in [6.45, 7) is 10.4. The fourth-order valence-corrected chi connectivity index (χ4v) is 2.48. The number of hydrogen-bond donors (Lipinski definition) is 1. The molecule has 0 bridgehead atoms. The third-order valence-corrected chi connectivity index (χ3v) is 3.50. The van der Waals surface area contributed by atoms with Crippen LogP contribution in [0.25, 0.3) is 0 Å². The van der Waals surface area contributed by atoms with E-state index in [0.717, 1.165) is 17.5 Å². The Labute approximate surface area is 122 Å². The molecule has 20 heavy (non-hydrogen) atoms. The quantitative estimate of drug-likeness (QED) is 0.836. The number of rotatable bonds is 5. The first-order valence-corrected chi connectivity index (χ1v) is 7.08. The monoisotopic (exact) mass is 277 g/mol. The topological polar surface area (TPSA) is 52.3 Å². The van der Waals surface area contributed by atoms with Crippen molar-refractivity contribution < 1.29 is 9.53 Å².